The van der Waals surface area contributed by atoms with E-state index in [1.165, 1.54) is 5.56 Å². The van der Waals surface area contributed by atoms with Crippen molar-refractivity contribution in [2.45, 2.75) is 32.2 Å². The normalized spacial score (nSPS) is 13.8. The van der Waals surface area contributed by atoms with Crippen LogP contribution < -0.4 is 5.32 Å². The topological polar surface area (TPSA) is 32.3 Å². The number of benzene rings is 1. The minimum atomic E-state index is -0.208. The predicted octanol–water partition coefficient (Wildman–Crippen LogP) is 2.91. The molecule has 0 radical (unpaired) electrons. The van der Waals surface area contributed by atoms with Crippen molar-refractivity contribution in [1.29, 1.82) is 0 Å². The molecule has 2 nitrogen and oxygen atoms in total. The van der Waals surface area contributed by atoms with E-state index in [4.69, 9.17) is 5.11 Å². The average molecular weight is 286 g/mol. The SMILES string of the molecule is CC(CNC(C)(C)CO)c1cccc(Br)c1. The zero-order valence-corrected chi connectivity index (χ0v) is 11.7. The molecule has 0 aliphatic rings. The highest BCUT2D eigenvalue weighted by Crippen LogP contribution is 2.19. The van der Waals surface area contributed by atoms with Gasteiger partial charge in [-0.25, -0.2) is 0 Å². The minimum absolute atomic E-state index is 0.151. The monoisotopic (exact) mass is 285 g/mol. The lowest BCUT2D eigenvalue weighted by atomic mass is 9.99. The molecule has 1 aromatic rings. The number of aliphatic hydroxyl groups excluding tert-OH is 1. The number of hydrogen-bond acceptors (Lipinski definition) is 2. The van der Waals surface area contributed by atoms with Crippen molar-refractivity contribution >= 4 is 15.9 Å². The predicted molar refractivity (Wildman–Crippen MR) is 71.7 cm³/mol. The van der Waals surface area contributed by atoms with Crippen molar-refractivity contribution in [3.8, 4) is 0 Å². The van der Waals surface area contributed by atoms with Gasteiger partial charge in [0, 0.05) is 16.6 Å². The first-order chi connectivity index (χ1) is 7.44. The van der Waals surface area contributed by atoms with Crippen molar-refractivity contribution in [3.63, 3.8) is 0 Å². The van der Waals surface area contributed by atoms with Crippen LogP contribution in [0.15, 0.2) is 28.7 Å². The molecule has 0 heterocycles. The fraction of sp³-hybridized carbons (Fsp3) is 0.538. The third kappa shape index (κ3) is 4.24. The Hall–Kier alpha value is -0.380. The fourth-order valence-corrected chi connectivity index (χ4v) is 1.83. The first-order valence-electron chi connectivity index (χ1n) is 5.56. The Labute approximate surface area is 106 Å². The molecule has 1 atom stereocenters. The van der Waals surface area contributed by atoms with Crippen molar-refractivity contribution in [2.24, 2.45) is 0 Å². The summed E-state index contributed by atoms with van der Waals surface area (Å²) in [7, 11) is 0. The van der Waals surface area contributed by atoms with Gasteiger partial charge in [-0.3, -0.25) is 0 Å². The Kier molecular flexibility index (Phi) is 4.96. The Morgan fingerprint density at radius 1 is 1.44 bits per heavy atom. The van der Waals surface area contributed by atoms with Crippen LogP contribution in [0.4, 0.5) is 0 Å². The van der Waals surface area contributed by atoms with Crippen LogP contribution in [0, 0.1) is 0 Å². The summed E-state index contributed by atoms with van der Waals surface area (Å²) in [4.78, 5) is 0. The molecule has 0 spiro atoms. The van der Waals surface area contributed by atoms with E-state index in [-0.39, 0.29) is 12.1 Å². The first-order valence-corrected chi connectivity index (χ1v) is 6.35. The van der Waals surface area contributed by atoms with Gasteiger partial charge >= 0.3 is 0 Å². The number of hydrogen-bond donors (Lipinski definition) is 2. The van der Waals surface area contributed by atoms with Crippen molar-refractivity contribution in [3.05, 3.63) is 34.3 Å². The third-order valence-corrected chi connectivity index (χ3v) is 3.19. The van der Waals surface area contributed by atoms with E-state index in [1.807, 2.05) is 26.0 Å². The maximum atomic E-state index is 9.15. The van der Waals surface area contributed by atoms with Crippen LogP contribution in [0.25, 0.3) is 0 Å². The maximum absolute atomic E-state index is 9.15. The van der Waals surface area contributed by atoms with Crippen molar-refractivity contribution in [1.82, 2.24) is 5.32 Å². The van der Waals surface area contributed by atoms with Gasteiger partial charge in [0.1, 0.15) is 0 Å². The van der Waals surface area contributed by atoms with Gasteiger partial charge in [0.15, 0.2) is 0 Å². The summed E-state index contributed by atoms with van der Waals surface area (Å²) in [5.74, 6) is 0.434. The molecule has 0 saturated heterocycles. The van der Waals surface area contributed by atoms with E-state index in [9.17, 15) is 0 Å². The quantitative estimate of drug-likeness (QED) is 0.872. The van der Waals surface area contributed by atoms with Gasteiger partial charge in [0.2, 0.25) is 0 Å². The van der Waals surface area contributed by atoms with Gasteiger partial charge in [-0.15, -0.1) is 0 Å². The van der Waals surface area contributed by atoms with Gasteiger partial charge in [-0.1, -0.05) is 35.0 Å². The zero-order valence-electron chi connectivity index (χ0n) is 10.1. The molecule has 0 amide bonds. The highest BCUT2D eigenvalue weighted by molar-refractivity contribution is 9.10. The number of rotatable bonds is 5. The first kappa shape index (κ1) is 13.7. The summed E-state index contributed by atoms with van der Waals surface area (Å²) < 4.78 is 1.11. The maximum Gasteiger partial charge on any atom is 0.0607 e. The molecule has 0 saturated carbocycles. The molecule has 16 heavy (non-hydrogen) atoms. The van der Waals surface area contributed by atoms with Crippen LogP contribution >= 0.6 is 15.9 Å². The van der Waals surface area contributed by atoms with Crippen molar-refractivity contribution in [2.75, 3.05) is 13.2 Å². The molecule has 1 rings (SSSR count). The molecule has 0 bridgehead atoms. The van der Waals surface area contributed by atoms with Crippen LogP contribution in [0.5, 0.6) is 0 Å². The highest BCUT2D eigenvalue weighted by Gasteiger charge is 2.16. The van der Waals surface area contributed by atoms with Crippen LogP contribution in [0.1, 0.15) is 32.3 Å². The van der Waals surface area contributed by atoms with Crippen LogP contribution in [0.3, 0.4) is 0 Å². The second-order valence-electron chi connectivity index (χ2n) is 4.88. The molecule has 0 aliphatic heterocycles. The molecule has 90 valence electrons. The van der Waals surface area contributed by atoms with E-state index in [0.717, 1.165) is 11.0 Å². The van der Waals surface area contributed by atoms with E-state index in [1.54, 1.807) is 0 Å². The van der Waals surface area contributed by atoms with E-state index >= 15 is 0 Å². The van der Waals surface area contributed by atoms with E-state index in [2.05, 4.69) is 40.3 Å². The Morgan fingerprint density at radius 2 is 2.12 bits per heavy atom. The smallest absolute Gasteiger partial charge is 0.0607 e. The number of aliphatic hydroxyl groups is 1. The van der Waals surface area contributed by atoms with Crippen LogP contribution in [0.2, 0.25) is 0 Å². The van der Waals surface area contributed by atoms with E-state index < -0.39 is 0 Å². The van der Waals surface area contributed by atoms with Crippen molar-refractivity contribution < 1.29 is 5.11 Å². The van der Waals surface area contributed by atoms with Gasteiger partial charge in [0.25, 0.3) is 0 Å². The van der Waals surface area contributed by atoms with Gasteiger partial charge in [-0.2, -0.15) is 0 Å². The van der Waals surface area contributed by atoms with Gasteiger partial charge < -0.3 is 10.4 Å². The Balaban J connectivity index is 2.56. The molecule has 0 aromatic heterocycles. The summed E-state index contributed by atoms with van der Waals surface area (Å²) >= 11 is 3.47. The molecular formula is C13H20BrNO. The molecule has 2 N–H and O–H groups in total. The molecule has 0 fully saturated rings. The largest absolute Gasteiger partial charge is 0.394 e. The third-order valence-electron chi connectivity index (χ3n) is 2.70. The Bertz CT molecular complexity index is 338. The number of halogens is 1. The summed E-state index contributed by atoms with van der Waals surface area (Å²) in [6.45, 7) is 7.20. The zero-order chi connectivity index (χ0) is 12.2. The fourth-order valence-electron chi connectivity index (χ4n) is 1.42. The molecular weight excluding hydrogens is 266 g/mol. The van der Waals surface area contributed by atoms with Gasteiger partial charge in [0.05, 0.1) is 6.61 Å². The summed E-state index contributed by atoms with van der Waals surface area (Å²) in [6, 6.07) is 8.34. The minimum Gasteiger partial charge on any atom is -0.394 e. The second-order valence-corrected chi connectivity index (χ2v) is 5.79. The van der Waals surface area contributed by atoms with Crippen LogP contribution in [-0.2, 0) is 0 Å². The lowest BCUT2D eigenvalue weighted by molar-refractivity contribution is 0.187. The lowest BCUT2D eigenvalue weighted by Gasteiger charge is -2.26. The summed E-state index contributed by atoms with van der Waals surface area (Å²) in [5.41, 5.74) is 1.09. The molecule has 0 aliphatic carbocycles. The average Bonchev–Trinajstić information content (AvgIpc) is 2.26. The van der Waals surface area contributed by atoms with Crippen LogP contribution in [-0.4, -0.2) is 23.8 Å². The molecule has 1 aromatic carbocycles. The second kappa shape index (κ2) is 5.80. The standard InChI is InChI=1S/C13H20BrNO/c1-10(8-15-13(2,3)9-16)11-5-4-6-12(14)7-11/h4-7,10,15-16H,8-9H2,1-3H3. The number of nitrogens with one attached hydrogen (secondary N) is 1. The Morgan fingerprint density at radius 3 is 2.69 bits per heavy atom. The molecule has 1 unspecified atom stereocenters. The lowest BCUT2D eigenvalue weighted by Crippen LogP contribution is -2.44. The van der Waals surface area contributed by atoms with Gasteiger partial charge in [-0.05, 0) is 37.5 Å². The molecule has 3 heteroatoms. The summed E-state index contributed by atoms with van der Waals surface area (Å²) in [5, 5.41) is 12.5. The highest BCUT2D eigenvalue weighted by atomic mass is 79.9. The summed E-state index contributed by atoms with van der Waals surface area (Å²) in [6.07, 6.45) is 0. The van der Waals surface area contributed by atoms with E-state index in [0.29, 0.717) is 5.92 Å².